The molecule has 0 aromatic heterocycles. The van der Waals surface area contributed by atoms with Gasteiger partial charge in [-0.3, -0.25) is 14.9 Å². The van der Waals surface area contributed by atoms with Crippen LogP contribution in [0.1, 0.15) is 15.9 Å². The first-order valence-electron chi connectivity index (χ1n) is 4.08. The number of benzene rings is 1. The molecule has 0 fully saturated rings. The maximum Gasteiger partial charge on any atom is 0.289 e. The molecule has 0 aliphatic heterocycles. The van der Waals surface area contributed by atoms with Crippen molar-refractivity contribution in [1.29, 1.82) is 5.26 Å². The summed E-state index contributed by atoms with van der Waals surface area (Å²) < 4.78 is 0. The zero-order chi connectivity index (χ0) is 12.3. The lowest BCUT2D eigenvalue weighted by molar-refractivity contribution is -0.385. The van der Waals surface area contributed by atoms with Gasteiger partial charge in [-0.05, 0) is 6.07 Å². The van der Waals surface area contributed by atoms with E-state index in [1.54, 1.807) is 6.07 Å². The highest BCUT2D eigenvalue weighted by molar-refractivity contribution is 9.09. The SMILES string of the molecule is N#Cc1c(C(=O)CBr)cc(N)cc1[N+](=O)[O-]. The van der Waals surface area contributed by atoms with Crippen molar-refractivity contribution in [3.8, 4) is 6.07 Å². The average Bonchev–Trinajstić information content (AvgIpc) is 2.26. The van der Waals surface area contributed by atoms with Gasteiger partial charge in [0.05, 0.1) is 10.3 Å². The summed E-state index contributed by atoms with van der Waals surface area (Å²) >= 11 is 2.93. The molecule has 0 aliphatic rings. The number of hydrogen-bond donors (Lipinski definition) is 1. The molecule has 0 aliphatic carbocycles. The van der Waals surface area contributed by atoms with Gasteiger partial charge < -0.3 is 5.73 Å². The fourth-order valence-corrected chi connectivity index (χ4v) is 1.50. The van der Waals surface area contributed by atoms with E-state index in [1.165, 1.54) is 6.07 Å². The lowest BCUT2D eigenvalue weighted by Gasteiger charge is -2.03. The van der Waals surface area contributed by atoms with Crippen LogP contribution in [0, 0.1) is 21.4 Å². The number of nitro groups is 1. The lowest BCUT2D eigenvalue weighted by atomic mass is 10.0. The molecule has 0 bridgehead atoms. The number of anilines is 1. The highest BCUT2D eigenvalue weighted by atomic mass is 79.9. The zero-order valence-electron chi connectivity index (χ0n) is 7.94. The fraction of sp³-hybridized carbons (Fsp3) is 0.111. The summed E-state index contributed by atoms with van der Waals surface area (Å²) in [7, 11) is 0. The lowest BCUT2D eigenvalue weighted by Crippen LogP contribution is -2.07. The number of Topliss-reactive ketones (excluding diaryl/α,β-unsaturated/α-hetero) is 1. The molecule has 0 saturated heterocycles. The van der Waals surface area contributed by atoms with Gasteiger partial charge in [-0.25, -0.2) is 0 Å². The van der Waals surface area contributed by atoms with Gasteiger partial charge in [-0.2, -0.15) is 5.26 Å². The third kappa shape index (κ3) is 2.17. The standard InChI is InChI=1S/C9H6BrN3O3/c10-3-9(14)6-1-5(12)2-8(13(15)16)7(6)4-11/h1-2H,3,12H2. The first-order chi connectivity index (χ1) is 7.51. The van der Waals surface area contributed by atoms with E-state index < -0.39 is 16.4 Å². The zero-order valence-corrected chi connectivity index (χ0v) is 9.52. The Labute approximate surface area is 98.9 Å². The molecular weight excluding hydrogens is 278 g/mol. The monoisotopic (exact) mass is 283 g/mol. The van der Waals surface area contributed by atoms with Gasteiger partial charge in [0.15, 0.2) is 5.78 Å². The Kier molecular flexibility index (Phi) is 3.58. The van der Waals surface area contributed by atoms with Crippen LogP contribution in [0.2, 0.25) is 0 Å². The van der Waals surface area contributed by atoms with E-state index in [4.69, 9.17) is 11.0 Å². The number of rotatable bonds is 3. The maximum absolute atomic E-state index is 11.4. The van der Waals surface area contributed by atoms with Crippen LogP contribution in [-0.2, 0) is 0 Å². The van der Waals surface area contributed by atoms with Crippen molar-refractivity contribution in [3.05, 3.63) is 33.4 Å². The van der Waals surface area contributed by atoms with Gasteiger partial charge in [0.1, 0.15) is 11.6 Å². The number of carbonyl (C=O) groups excluding carboxylic acids is 1. The van der Waals surface area contributed by atoms with Gasteiger partial charge in [-0.1, -0.05) is 15.9 Å². The van der Waals surface area contributed by atoms with Gasteiger partial charge in [0, 0.05) is 17.3 Å². The van der Waals surface area contributed by atoms with Crippen LogP contribution in [-0.4, -0.2) is 16.0 Å². The molecule has 0 saturated carbocycles. The Balaban J connectivity index is 3.56. The van der Waals surface area contributed by atoms with E-state index >= 15 is 0 Å². The third-order valence-corrected chi connectivity index (χ3v) is 2.38. The molecule has 0 unspecified atom stereocenters. The van der Waals surface area contributed by atoms with Gasteiger partial charge in [0.2, 0.25) is 0 Å². The highest BCUT2D eigenvalue weighted by Crippen LogP contribution is 2.26. The van der Waals surface area contributed by atoms with Crippen LogP contribution in [0.5, 0.6) is 0 Å². The molecule has 2 N–H and O–H groups in total. The quantitative estimate of drug-likeness (QED) is 0.298. The van der Waals surface area contributed by atoms with Gasteiger partial charge in [0.25, 0.3) is 5.69 Å². The molecule has 6 nitrogen and oxygen atoms in total. The molecule has 7 heteroatoms. The van der Waals surface area contributed by atoms with Crippen molar-refractivity contribution in [2.45, 2.75) is 0 Å². The summed E-state index contributed by atoms with van der Waals surface area (Å²) in [6, 6.07) is 3.97. The number of nitriles is 1. The smallest absolute Gasteiger partial charge is 0.289 e. The minimum atomic E-state index is -0.736. The second kappa shape index (κ2) is 4.72. The number of nitrogens with zero attached hydrogens (tertiary/aromatic N) is 2. The molecule has 82 valence electrons. The summed E-state index contributed by atoms with van der Waals surface area (Å²) in [4.78, 5) is 21.4. The Bertz CT molecular complexity index is 507. The third-order valence-electron chi connectivity index (χ3n) is 1.87. The number of carbonyl (C=O) groups is 1. The molecule has 0 spiro atoms. The molecule has 0 radical (unpaired) electrons. The number of nitrogen functional groups attached to an aromatic ring is 1. The number of ketones is 1. The average molecular weight is 284 g/mol. The molecule has 0 amide bonds. The summed E-state index contributed by atoms with van der Waals surface area (Å²) in [5.74, 6) is -0.424. The molecule has 0 heterocycles. The number of halogens is 1. The van der Waals surface area contributed by atoms with Gasteiger partial charge in [-0.15, -0.1) is 0 Å². The first kappa shape index (κ1) is 12.1. The van der Waals surface area contributed by atoms with E-state index in [2.05, 4.69) is 15.9 Å². The van der Waals surface area contributed by atoms with Crippen molar-refractivity contribution in [2.24, 2.45) is 0 Å². The van der Waals surface area contributed by atoms with E-state index in [0.29, 0.717) is 0 Å². The topological polar surface area (TPSA) is 110 Å². The molecule has 0 atom stereocenters. The number of alkyl halides is 1. The van der Waals surface area contributed by atoms with Crippen LogP contribution in [0.15, 0.2) is 12.1 Å². The highest BCUT2D eigenvalue weighted by Gasteiger charge is 2.22. The van der Waals surface area contributed by atoms with Crippen molar-refractivity contribution in [3.63, 3.8) is 0 Å². The normalized spacial score (nSPS) is 9.50. The molecule has 16 heavy (non-hydrogen) atoms. The van der Waals surface area contributed by atoms with Gasteiger partial charge >= 0.3 is 0 Å². The van der Waals surface area contributed by atoms with Crippen molar-refractivity contribution in [1.82, 2.24) is 0 Å². The van der Waals surface area contributed by atoms with E-state index in [1.807, 2.05) is 0 Å². The van der Waals surface area contributed by atoms with Crippen molar-refractivity contribution >= 4 is 33.1 Å². The summed E-state index contributed by atoms with van der Waals surface area (Å²) in [6.07, 6.45) is 0. The molecule has 1 aromatic carbocycles. The number of nitrogens with two attached hydrogens (primary N) is 1. The van der Waals surface area contributed by atoms with Crippen molar-refractivity contribution < 1.29 is 9.72 Å². The summed E-state index contributed by atoms with van der Waals surface area (Å²) in [5.41, 5.74) is 4.76. The predicted octanol–water partition coefficient (Wildman–Crippen LogP) is 1.63. The fourth-order valence-electron chi connectivity index (χ4n) is 1.20. The Morgan fingerprint density at radius 2 is 2.25 bits per heavy atom. The van der Waals surface area contributed by atoms with Crippen LogP contribution < -0.4 is 5.73 Å². The van der Waals surface area contributed by atoms with E-state index in [-0.39, 0.29) is 22.1 Å². The maximum atomic E-state index is 11.4. The first-order valence-corrected chi connectivity index (χ1v) is 5.20. The second-order valence-electron chi connectivity index (χ2n) is 2.89. The van der Waals surface area contributed by atoms with Crippen molar-refractivity contribution in [2.75, 3.05) is 11.1 Å². The van der Waals surface area contributed by atoms with Crippen LogP contribution in [0.4, 0.5) is 11.4 Å². The molecular formula is C9H6BrN3O3. The van der Waals surface area contributed by atoms with Crippen LogP contribution >= 0.6 is 15.9 Å². The molecule has 1 aromatic rings. The largest absolute Gasteiger partial charge is 0.399 e. The summed E-state index contributed by atoms with van der Waals surface area (Å²) in [5, 5.41) is 19.5. The second-order valence-corrected chi connectivity index (χ2v) is 3.45. The summed E-state index contributed by atoms with van der Waals surface area (Å²) in [6.45, 7) is 0. The van der Waals surface area contributed by atoms with E-state index in [0.717, 1.165) is 6.07 Å². The van der Waals surface area contributed by atoms with Crippen LogP contribution in [0.3, 0.4) is 0 Å². The Hall–Kier alpha value is -1.94. The Morgan fingerprint density at radius 3 is 2.69 bits per heavy atom. The number of nitro benzene ring substituents is 1. The molecule has 1 rings (SSSR count). The minimum absolute atomic E-state index is 0.0255. The predicted molar refractivity (Wildman–Crippen MR) is 60.3 cm³/mol. The van der Waals surface area contributed by atoms with E-state index in [9.17, 15) is 14.9 Å². The Morgan fingerprint density at radius 1 is 1.62 bits per heavy atom. The minimum Gasteiger partial charge on any atom is -0.399 e. The van der Waals surface area contributed by atoms with Crippen LogP contribution in [0.25, 0.3) is 0 Å². The number of hydrogen-bond acceptors (Lipinski definition) is 5.